The van der Waals surface area contributed by atoms with Crippen LogP contribution in [0.15, 0.2) is 0 Å². The van der Waals surface area contributed by atoms with E-state index >= 15 is 0 Å². The van der Waals surface area contributed by atoms with Gasteiger partial charge in [0, 0.05) is 13.2 Å². The predicted octanol–water partition coefficient (Wildman–Crippen LogP) is 1.45. The van der Waals surface area contributed by atoms with Crippen molar-refractivity contribution >= 4 is 11.3 Å². The molecule has 0 atom stereocenters. The number of hydrogen-bond acceptors (Lipinski definition) is 6. The van der Waals surface area contributed by atoms with Crippen LogP contribution in [0.1, 0.15) is 25.3 Å². The first-order valence-corrected chi connectivity index (χ1v) is 6.42. The van der Waals surface area contributed by atoms with Gasteiger partial charge in [-0.05, 0) is 13.0 Å². The van der Waals surface area contributed by atoms with Gasteiger partial charge in [0.25, 0.3) is 5.19 Å². The van der Waals surface area contributed by atoms with E-state index in [1.807, 2.05) is 0 Å². The predicted molar refractivity (Wildman–Crippen MR) is 63.9 cm³/mol. The smallest absolute Gasteiger partial charge is 0.294 e. The van der Waals surface area contributed by atoms with Crippen molar-refractivity contribution in [1.82, 2.24) is 15.5 Å². The summed E-state index contributed by atoms with van der Waals surface area (Å²) >= 11 is 1.47. The minimum atomic E-state index is 0.538. The fraction of sp³-hybridized carbons (Fsp3) is 0.800. The van der Waals surface area contributed by atoms with E-state index in [1.165, 1.54) is 11.3 Å². The minimum Gasteiger partial charge on any atom is -0.466 e. The third-order valence-corrected chi connectivity index (χ3v) is 2.61. The summed E-state index contributed by atoms with van der Waals surface area (Å²) < 4.78 is 10.7. The zero-order valence-corrected chi connectivity index (χ0v) is 10.7. The lowest BCUT2D eigenvalue weighted by Gasteiger charge is -2.02. The van der Waals surface area contributed by atoms with E-state index in [4.69, 9.17) is 9.47 Å². The summed E-state index contributed by atoms with van der Waals surface area (Å²) in [4.78, 5) is 0. The van der Waals surface area contributed by atoms with Crippen molar-refractivity contribution < 1.29 is 9.47 Å². The monoisotopic (exact) mass is 245 g/mol. The second kappa shape index (κ2) is 8.43. The van der Waals surface area contributed by atoms with E-state index in [1.54, 1.807) is 0 Å². The molecule has 0 aromatic carbocycles. The summed E-state index contributed by atoms with van der Waals surface area (Å²) in [6.45, 7) is 7.75. The molecule has 0 aliphatic rings. The molecule has 0 saturated heterocycles. The van der Waals surface area contributed by atoms with Gasteiger partial charge in [-0.2, -0.15) is 0 Å². The SMILES string of the molecule is CCCOCCOc1nnc(CNCC)s1. The van der Waals surface area contributed by atoms with E-state index in [2.05, 4.69) is 29.4 Å². The Morgan fingerprint density at radius 2 is 2.06 bits per heavy atom. The maximum absolute atomic E-state index is 5.41. The second-order valence-corrected chi connectivity index (χ2v) is 4.23. The lowest BCUT2D eigenvalue weighted by atomic mass is 10.5. The summed E-state index contributed by atoms with van der Waals surface area (Å²) in [5.74, 6) is 0. The highest BCUT2D eigenvalue weighted by Crippen LogP contribution is 2.17. The summed E-state index contributed by atoms with van der Waals surface area (Å²) in [6.07, 6.45) is 1.03. The molecule has 6 heteroatoms. The first kappa shape index (κ1) is 13.3. The van der Waals surface area contributed by atoms with Gasteiger partial charge in [-0.15, -0.1) is 10.2 Å². The van der Waals surface area contributed by atoms with E-state index in [9.17, 15) is 0 Å². The van der Waals surface area contributed by atoms with E-state index in [-0.39, 0.29) is 0 Å². The average molecular weight is 245 g/mol. The van der Waals surface area contributed by atoms with Crippen LogP contribution in [0, 0.1) is 0 Å². The highest BCUT2D eigenvalue weighted by Gasteiger charge is 2.03. The van der Waals surface area contributed by atoms with Crippen LogP contribution in [0.3, 0.4) is 0 Å². The van der Waals surface area contributed by atoms with Crippen molar-refractivity contribution in [3.63, 3.8) is 0 Å². The molecule has 0 amide bonds. The highest BCUT2D eigenvalue weighted by molar-refractivity contribution is 7.13. The van der Waals surface area contributed by atoms with Gasteiger partial charge in [-0.25, -0.2) is 0 Å². The molecule has 0 aliphatic carbocycles. The molecule has 1 heterocycles. The zero-order chi connectivity index (χ0) is 11.6. The van der Waals surface area contributed by atoms with Gasteiger partial charge >= 0.3 is 0 Å². The summed E-state index contributed by atoms with van der Waals surface area (Å²) in [5, 5.41) is 12.7. The minimum absolute atomic E-state index is 0.538. The maximum atomic E-state index is 5.41. The molecule has 1 rings (SSSR count). The van der Waals surface area contributed by atoms with Crippen molar-refractivity contribution in [3.05, 3.63) is 5.01 Å². The van der Waals surface area contributed by atoms with Crippen LogP contribution < -0.4 is 10.1 Å². The molecule has 0 bridgehead atoms. The van der Waals surface area contributed by atoms with Gasteiger partial charge < -0.3 is 14.8 Å². The van der Waals surface area contributed by atoms with Crippen LogP contribution in [-0.4, -0.2) is 36.6 Å². The number of rotatable bonds is 9. The molecule has 1 aromatic rings. The Morgan fingerprint density at radius 3 is 2.81 bits per heavy atom. The Morgan fingerprint density at radius 1 is 1.19 bits per heavy atom. The molecule has 0 saturated carbocycles. The Kier molecular flexibility index (Phi) is 7.03. The molecule has 1 aromatic heterocycles. The zero-order valence-electron chi connectivity index (χ0n) is 9.86. The fourth-order valence-electron chi connectivity index (χ4n) is 1.03. The number of ether oxygens (including phenoxy) is 2. The average Bonchev–Trinajstić information content (AvgIpc) is 2.74. The molecular formula is C10H19N3O2S. The van der Waals surface area contributed by atoms with Gasteiger partial charge in [0.15, 0.2) is 0 Å². The molecule has 16 heavy (non-hydrogen) atoms. The van der Waals surface area contributed by atoms with Crippen molar-refractivity contribution in [2.24, 2.45) is 0 Å². The molecule has 0 radical (unpaired) electrons. The van der Waals surface area contributed by atoms with Crippen LogP contribution >= 0.6 is 11.3 Å². The number of aromatic nitrogens is 2. The van der Waals surface area contributed by atoms with Crippen molar-refractivity contribution in [1.29, 1.82) is 0 Å². The maximum Gasteiger partial charge on any atom is 0.294 e. The molecule has 0 fully saturated rings. The number of hydrogen-bond donors (Lipinski definition) is 1. The fourth-order valence-corrected chi connectivity index (χ4v) is 1.72. The summed E-state index contributed by atoms with van der Waals surface area (Å²) in [5.41, 5.74) is 0. The second-order valence-electron chi connectivity index (χ2n) is 3.20. The Hall–Kier alpha value is -0.720. The van der Waals surface area contributed by atoms with E-state index in [0.29, 0.717) is 18.4 Å². The van der Waals surface area contributed by atoms with Crippen LogP contribution in [0.5, 0.6) is 5.19 Å². The Balaban J connectivity index is 2.14. The molecule has 0 unspecified atom stereocenters. The van der Waals surface area contributed by atoms with Gasteiger partial charge in [-0.1, -0.05) is 25.2 Å². The van der Waals surface area contributed by atoms with Gasteiger partial charge in [0.05, 0.1) is 6.61 Å². The lowest BCUT2D eigenvalue weighted by molar-refractivity contribution is 0.100. The van der Waals surface area contributed by atoms with E-state index < -0.39 is 0 Å². The van der Waals surface area contributed by atoms with Gasteiger partial charge in [0.2, 0.25) is 0 Å². The van der Waals surface area contributed by atoms with Crippen LogP contribution in [0.2, 0.25) is 0 Å². The number of nitrogens with one attached hydrogen (secondary N) is 1. The third-order valence-electron chi connectivity index (χ3n) is 1.78. The largest absolute Gasteiger partial charge is 0.466 e. The third kappa shape index (κ3) is 5.39. The number of nitrogens with zero attached hydrogens (tertiary/aromatic N) is 2. The standard InChI is InChI=1S/C10H19N3O2S/c1-3-5-14-6-7-15-10-13-12-9(16-10)8-11-4-2/h11H,3-8H2,1-2H3. The first-order chi connectivity index (χ1) is 7.86. The Labute approximate surface area is 100 Å². The van der Waals surface area contributed by atoms with Gasteiger partial charge in [0.1, 0.15) is 11.6 Å². The molecule has 0 aliphatic heterocycles. The Bertz CT molecular complexity index is 281. The highest BCUT2D eigenvalue weighted by atomic mass is 32.1. The topological polar surface area (TPSA) is 56.3 Å². The first-order valence-electron chi connectivity index (χ1n) is 5.60. The quantitative estimate of drug-likeness (QED) is 0.667. The molecular weight excluding hydrogens is 226 g/mol. The van der Waals surface area contributed by atoms with Crippen molar-refractivity contribution in [2.75, 3.05) is 26.4 Å². The van der Waals surface area contributed by atoms with E-state index in [0.717, 1.165) is 31.1 Å². The van der Waals surface area contributed by atoms with Crippen molar-refractivity contribution in [3.8, 4) is 5.19 Å². The normalized spacial score (nSPS) is 10.6. The molecule has 5 nitrogen and oxygen atoms in total. The molecule has 92 valence electrons. The summed E-state index contributed by atoms with van der Waals surface area (Å²) in [6, 6.07) is 0. The van der Waals surface area contributed by atoms with Crippen LogP contribution in [0.4, 0.5) is 0 Å². The van der Waals surface area contributed by atoms with Crippen LogP contribution in [0.25, 0.3) is 0 Å². The summed E-state index contributed by atoms with van der Waals surface area (Å²) in [7, 11) is 0. The molecule has 1 N–H and O–H groups in total. The molecule has 0 spiro atoms. The van der Waals surface area contributed by atoms with Crippen LogP contribution in [-0.2, 0) is 11.3 Å². The lowest BCUT2D eigenvalue weighted by Crippen LogP contribution is -2.11. The van der Waals surface area contributed by atoms with Crippen molar-refractivity contribution in [2.45, 2.75) is 26.8 Å². The van der Waals surface area contributed by atoms with Gasteiger partial charge in [-0.3, -0.25) is 0 Å².